The molecule has 1 N–H and O–H groups in total. The van der Waals surface area contributed by atoms with Gasteiger partial charge in [-0.05, 0) is 59.0 Å². The summed E-state index contributed by atoms with van der Waals surface area (Å²) >= 11 is 2.10. The minimum absolute atomic E-state index is 0.0867. The number of anilines is 1. The van der Waals surface area contributed by atoms with Crippen LogP contribution in [0.5, 0.6) is 0 Å². The molecule has 1 aromatic heterocycles. The molecule has 1 amide bonds. The summed E-state index contributed by atoms with van der Waals surface area (Å²) in [5.41, 5.74) is 1.56. The highest BCUT2D eigenvalue weighted by Gasteiger charge is 1.97. The van der Waals surface area contributed by atoms with Crippen molar-refractivity contribution in [2.75, 3.05) is 5.32 Å². The van der Waals surface area contributed by atoms with E-state index in [9.17, 15) is 4.79 Å². The number of nitrogens with zero attached hydrogens (tertiary/aromatic N) is 1. The molecular weight excluding hydrogens is 343 g/mol. The third-order valence-corrected chi connectivity index (χ3v) is 2.70. The topological polar surface area (TPSA) is 54.6 Å². The van der Waals surface area contributed by atoms with Crippen LogP contribution in [0.4, 0.5) is 11.4 Å². The molecule has 2 aromatic rings. The maximum absolute atomic E-state index is 10.9. The van der Waals surface area contributed by atoms with E-state index in [2.05, 4.69) is 32.9 Å². The van der Waals surface area contributed by atoms with Gasteiger partial charge in [-0.3, -0.25) is 9.79 Å². The first kappa shape index (κ1) is 12.8. The van der Waals surface area contributed by atoms with Crippen LogP contribution < -0.4 is 5.32 Å². The number of benzene rings is 1. The SMILES string of the molecule is CC(=O)Nc1ccc(N=Cc2ccc(I)o2)cc1. The van der Waals surface area contributed by atoms with E-state index in [-0.39, 0.29) is 5.91 Å². The average Bonchev–Trinajstić information content (AvgIpc) is 2.74. The van der Waals surface area contributed by atoms with Crippen molar-refractivity contribution in [3.8, 4) is 0 Å². The van der Waals surface area contributed by atoms with Gasteiger partial charge in [-0.2, -0.15) is 0 Å². The number of amides is 1. The normalized spacial score (nSPS) is 10.8. The first-order valence-corrected chi connectivity index (χ1v) is 6.38. The largest absolute Gasteiger partial charge is 0.449 e. The Morgan fingerprint density at radius 2 is 2.00 bits per heavy atom. The van der Waals surface area contributed by atoms with Gasteiger partial charge < -0.3 is 9.73 Å². The zero-order chi connectivity index (χ0) is 13.0. The number of carbonyl (C=O) groups is 1. The van der Waals surface area contributed by atoms with Gasteiger partial charge in [0.1, 0.15) is 5.76 Å². The number of hydrogen-bond donors (Lipinski definition) is 1. The standard InChI is InChI=1S/C13H11IN2O2/c1-9(17)16-11-4-2-10(3-5-11)15-8-12-6-7-13(14)18-12/h2-8H,1H3,(H,16,17). The Kier molecular flexibility index (Phi) is 4.14. The molecule has 0 aliphatic carbocycles. The maximum Gasteiger partial charge on any atom is 0.221 e. The molecule has 18 heavy (non-hydrogen) atoms. The fourth-order valence-electron chi connectivity index (χ4n) is 1.37. The average molecular weight is 354 g/mol. The smallest absolute Gasteiger partial charge is 0.221 e. The molecule has 0 unspecified atom stereocenters. The van der Waals surface area contributed by atoms with Gasteiger partial charge in [0, 0.05) is 12.6 Å². The molecule has 92 valence electrons. The van der Waals surface area contributed by atoms with Crippen molar-refractivity contribution < 1.29 is 9.21 Å². The summed E-state index contributed by atoms with van der Waals surface area (Å²) in [6.45, 7) is 1.48. The highest BCUT2D eigenvalue weighted by molar-refractivity contribution is 14.1. The second-order valence-electron chi connectivity index (χ2n) is 3.63. The van der Waals surface area contributed by atoms with E-state index >= 15 is 0 Å². The van der Waals surface area contributed by atoms with Crippen LogP contribution in [0.1, 0.15) is 12.7 Å². The van der Waals surface area contributed by atoms with Crippen molar-refractivity contribution in [3.05, 3.63) is 45.9 Å². The first-order valence-electron chi connectivity index (χ1n) is 5.30. The number of furan rings is 1. The number of aliphatic imine (C=N–C) groups is 1. The van der Waals surface area contributed by atoms with Crippen LogP contribution in [-0.2, 0) is 4.79 Å². The molecule has 0 saturated heterocycles. The third-order valence-electron chi connectivity index (χ3n) is 2.12. The fourth-order valence-corrected chi connectivity index (χ4v) is 1.80. The van der Waals surface area contributed by atoms with Gasteiger partial charge >= 0.3 is 0 Å². The Morgan fingerprint density at radius 3 is 2.56 bits per heavy atom. The van der Waals surface area contributed by atoms with Crippen LogP contribution in [0.3, 0.4) is 0 Å². The van der Waals surface area contributed by atoms with Gasteiger partial charge in [0.2, 0.25) is 5.91 Å². The van der Waals surface area contributed by atoms with Crippen molar-refractivity contribution in [1.82, 2.24) is 0 Å². The van der Waals surface area contributed by atoms with Gasteiger partial charge in [0.25, 0.3) is 0 Å². The maximum atomic E-state index is 10.9. The second kappa shape index (κ2) is 5.81. The zero-order valence-electron chi connectivity index (χ0n) is 9.68. The molecule has 5 heteroatoms. The summed E-state index contributed by atoms with van der Waals surface area (Å²) in [5, 5.41) is 2.70. The van der Waals surface area contributed by atoms with E-state index in [0.29, 0.717) is 5.76 Å². The van der Waals surface area contributed by atoms with E-state index in [1.807, 2.05) is 24.3 Å². The molecule has 2 rings (SSSR count). The highest BCUT2D eigenvalue weighted by atomic mass is 127. The lowest BCUT2D eigenvalue weighted by molar-refractivity contribution is -0.114. The number of carbonyl (C=O) groups excluding carboxylic acids is 1. The molecule has 0 aliphatic heterocycles. The minimum atomic E-state index is -0.0867. The summed E-state index contributed by atoms with van der Waals surface area (Å²) in [4.78, 5) is 15.1. The van der Waals surface area contributed by atoms with Crippen LogP contribution in [0, 0.1) is 3.77 Å². The van der Waals surface area contributed by atoms with E-state index in [4.69, 9.17) is 4.42 Å². The quantitative estimate of drug-likeness (QED) is 0.677. The number of nitrogens with one attached hydrogen (secondary N) is 1. The molecule has 0 bridgehead atoms. The van der Waals surface area contributed by atoms with Crippen LogP contribution in [0.15, 0.2) is 45.8 Å². The molecule has 1 heterocycles. The third kappa shape index (κ3) is 3.69. The Bertz CT molecular complexity index is 573. The number of rotatable bonds is 3. The molecule has 0 saturated carbocycles. The van der Waals surface area contributed by atoms with Crippen molar-refractivity contribution in [1.29, 1.82) is 0 Å². The minimum Gasteiger partial charge on any atom is -0.449 e. The summed E-state index contributed by atoms with van der Waals surface area (Å²) in [7, 11) is 0. The first-order chi connectivity index (χ1) is 8.63. The van der Waals surface area contributed by atoms with Crippen molar-refractivity contribution >= 4 is 46.1 Å². The Hall–Kier alpha value is -1.63. The monoisotopic (exact) mass is 354 g/mol. The Labute approximate surface area is 118 Å². The fraction of sp³-hybridized carbons (Fsp3) is 0.0769. The number of hydrogen-bond acceptors (Lipinski definition) is 3. The van der Waals surface area contributed by atoms with Crippen molar-refractivity contribution in [2.45, 2.75) is 6.92 Å². The lowest BCUT2D eigenvalue weighted by Gasteiger charge is -2.01. The summed E-state index contributed by atoms with van der Waals surface area (Å²) in [6, 6.07) is 11.0. The summed E-state index contributed by atoms with van der Waals surface area (Å²) in [6.07, 6.45) is 1.66. The molecule has 1 aromatic carbocycles. The van der Waals surface area contributed by atoms with Gasteiger partial charge in [-0.1, -0.05) is 0 Å². The molecular formula is C13H11IN2O2. The molecule has 0 radical (unpaired) electrons. The Morgan fingerprint density at radius 1 is 1.28 bits per heavy atom. The van der Waals surface area contributed by atoms with Gasteiger partial charge in [0.05, 0.1) is 11.9 Å². The predicted molar refractivity (Wildman–Crippen MR) is 79.4 cm³/mol. The molecule has 0 fully saturated rings. The zero-order valence-corrected chi connectivity index (χ0v) is 11.8. The van der Waals surface area contributed by atoms with Gasteiger partial charge in [0.15, 0.2) is 3.77 Å². The van der Waals surface area contributed by atoms with Crippen LogP contribution in [-0.4, -0.2) is 12.1 Å². The molecule has 0 atom stereocenters. The van der Waals surface area contributed by atoms with E-state index < -0.39 is 0 Å². The van der Waals surface area contributed by atoms with Crippen molar-refractivity contribution in [3.63, 3.8) is 0 Å². The molecule has 0 spiro atoms. The lowest BCUT2D eigenvalue weighted by atomic mass is 10.3. The molecule has 4 nitrogen and oxygen atoms in total. The summed E-state index contributed by atoms with van der Waals surface area (Å²) < 4.78 is 6.19. The van der Waals surface area contributed by atoms with Gasteiger partial charge in [-0.25, -0.2) is 0 Å². The lowest BCUT2D eigenvalue weighted by Crippen LogP contribution is -2.04. The highest BCUT2D eigenvalue weighted by Crippen LogP contribution is 2.16. The van der Waals surface area contributed by atoms with E-state index in [1.165, 1.54) is 6.92 Å². The van der Waals surface area contributed by atoms with Crippen LogP contribution >= 0.6 is 22.6 Å². The van der Waals surface area contributed by atoms with E-state index in [1.54, 1.807) is 18.3 Å². The predicted octanol–water partition coefficient (Wildman–Crippen LogP) is 3.59. The van der Waals surface area contributed by atoms with Crippen molar-refractivity contribution in [2.24, 2.45) is 4.99 Å². The van der Waals surface area contributed by atoms with E-state index in [0.717, 1.165) is 15.1 Å². The second-order valence-corrected chi connectivity index (χ2v) is 4.69. The summed E-state index contributed by atoms with van der Waals surface area (Å²) in [5.74, 6) is 0.627. The van der Waals surface area contributed by atoms with Gasteiger partial charge in [-0.15, -0.1) is 0 Å². The Balaban J connectivity index is 2.06. The molecule has 0 aliphatic rings. The van der Waals surface area contributed by atoms with Crippen LogP contribution in [0.2, 0.25) is 0 Å². The number of halogens is 1. The van der Waals surface area contributed by atoms with Crippen LogP contribution in [0.25, 0.3) is 0 Å².